The first-order valence-electron chi connectivity index (χ1n) is 10.9. The van der Waals surface area contributed by atoms with Crippen molar-refractivity contribution in [1.82, 2.24) is 5.43 Å². The van der Waals surface area contributed by atoms with Crippen LogP contribution in [0, 0.1) is 11.3 Å². The van der Waals surface area contributed by atoms with Crippen LogP contribution in [0.4, 0.5) is 0 Å². The van der Waals surface area contributed by atoms with Crippen LogP contribution in [-0.2, 0) is 6.61 Å². The average Bonchev–Trinajstić information content (AvgIpc) is 2.91. The molecule has 4 aromatic carbocycles. The molecule has 4 aromatic rings. The number of hydrogen-bond acceptors (Lipinski definition) is 6. The molecule has 0 saturated heterocycles. The van der Waals surface area contributed by atoms with Crippen molar-refractivity contribution in [2.24, 2.45) is 5.10 Å². The molecule has 0 saturated carbocycles. The first kappa shape index (κ1) is 24.6. The van der Waals surface area contributed by atoms with Crippen LogP contribution in [0.3, 0.4) is 0 Å². The molecule has 0 aliphatic carbocycles. The van der Waals surface area contributed by atoms with E-state index in [2.05, 4.69) is 16.6 Å². The van der Waals surface area contributed by atoms with Gasteiger partial charge in [0, 0.05) is 5.56 Å². The third-order valence-corrected chi connectivity index (χ3v) is 5.73. The monoisotopic (exact) mass is 499 g/mol. The van der Waals surface area contributed by atoms with E-state index in [1.54, 1.807) is 30.3 Å². The Morgan fingerprint density at radius 1 is 1.00 bits per heavy atom. The molecule has 0 spiro atoms. The van der Waals surface area contributed by atoms with E-state index in [4.69, 9.17) is 25.8 Å². The van der Waals surface area contributed by atoms with Crippen LogP contribution in [0.15, 0.2) is 77.9 Å². The Hall–Kier alpha value is -4.54. The third-order valence-electron chi connectivity index (χ3n) is 5.45. The SMILES string of the molecule is COc1cc2ccccc2cc1C(=O)N/N=C\c1cc(Cl)c(OCc2ccccc2C#N)c(OC)c1. The Kier molecular flexibility index (Phi) is 7.69. The van der Waals surface area contributed by atoms with Crippen molar-refractivity contribution in [2.45, 2.75) is 6.61 Å². The van der Waals surface area contributed by atoms with Crippen molar-refractivity contribution in [3.8, 4) is 23.3 Å². The highest BCUT2D eigenvalue weighted by Crippen LogP contribution is 2.36. The van der Waals surface area contributed by atoms with Crippen LogP contribution >= 0.6 is 11.6 Å². The second-order valence-corrected chi connectivity index (χ2v) is 8.10. The number of carbonyl (C=O) groups excluding carboxylic acids is 1. The van der Waals surface area contributed by atoms with Gasteiger partial charge in [-0.3, -0.25) is 4.79 Å². The summed E-state index contributed by atoms with van der Waals surface area (Å²) in [6.07, 6.45) is 1.45. The number of rotatable bonds is 8. The standard InChI is InChI=1S/C28H22ClN3O4/c1-34-25-14-20-8-4-3-7-19(20)13-23(25)28(33)32-31-16-18-11-24(29)27(26(12-18)35-2)36-17-22-10-6-5-9-21(22)15-30/h3-14,16H,17H2,1-2H3,(H,32,33)/b31-16-. The van der Waals surface area contributed by atoms with Gasteiger partial charge in [-0.2, -0.15) is 10.4 Å². The van der Waals surface area contributed by atoms with Crippen molar-refractivity contribution in [1.29, 1.82) is 5.26 Å². The summed E-state index contributed by atoms with van der Waals surface area (Å²) in [7, 11) is 3.01. The quantitative estimate of drug-likeness (QED) is 0.247. The molecule has 8 heteroatoms. The lowest BCUT2D eigenvalue weighted by Crippen LogP contribution is -2.18. The zero-order chi connectivity index (χ0) is 25.5. The number of nitrogens with one attached hydrogen (secondary N) is 1. The van der Waals surface area contributed by atoms with Gasteiger partial charge in [-0.05, 0) is 46.7 Å². The molecule has 0 heterocycles. The average molecular weight is 500 g/mol. The first-order chi connectivity index (χ1) is 17.5. The van der Waals surface area contributed by atoms with Crippen LogP contribution in [0.5, 0.6) is 17.2 Å². The molecule has 1 amide bonds. The predicted molar refractivity (Wildman–Crippen MR) is 139 cm³/mol. The topological polar surface area (TPSA) is 92.9 Å². The summed E-state index contributed by atoms with van der Waals surface area (Å²) in [4.78, 5) is 12.8. The lowest BCUT2D eigenvalue weighted by atomic mass is 10.1. The van der Waals surface area contributed by atoms with Crippen LogP contribution < -0.4 is 19.6 Å². The van der Waals surface area contributed by atoms with Crippen molar-refractivity contribution >= 4 is 34.5 Å². The molecule has 1 N–H and O–H groups in total. The van der Waals surface area contributed by atoms with Crippen LogP contribution in [0.2, 0.25) is 5.02 Å². The van der Waals surface area contributed by atoms with Crippen molar-refractivity contribution in [2.75, 3.05) is 14.2 Å². The maximum Gasteiger partial charge on any atom is 0.275 e. The third kappa shape index (κ3) is 5.40. The predicted octanol–water partition coefficient (Wildman–Crippen LogP) is 5.72. The number of fused-ring (bicyclic) bond motifs is 1. The molecule has 0 radical (unpaired) electrons. The number of benzene rings is 4. The largest absolute Gasteiger partial charge is 0.496 e. The van der Waals surface area contributed by atoms with Gasteiger partial charge in [-0.25, -0.2) is 5.43 Å². The molecule has 0 fully saturated rings. The fourth-order valence-corrected chi connectivity index (χ4v) is 3.92. The first-order valence-corrected chi connectivity index (χ1v) is 11.3. The fraction of sp³-hybridized carbons (Fsp3) is 0.107. The summed E-state index contributed by atoms with van der Waals surface area (Å²) < 4.78 is 16.7. The maximum absolute atomic E-state index is 12.8. The van der Waals surface area contributed by atoms with Gasteiger partial charge >= 0.3 is 0 Å². The number of nitriles is 1. The number of hydrogen-bond donors (Lipinski definition) is 1. The van der Waals surface area contributed by atoms with E-state index in [0.29, 0.717) is 39.0 Å². The normalized spacial score (nSPS) is 10.7. The highest BCUT2D eigenvalue weighted by molar-refractivity contribution is 6.32. The number of nitrogens with zero attached hydrogens (tertiary/aromatic N) is 2. The molecule has 4 rings (SSSR count). The van der Waals surface area contributed by atoms with E-state index in [9.17, 15) is 10.1 Å². The lowest BCUT2D eigenvalue weighted by molar-refractivity contribution is 0.0952. The van der Waals surface area contributed by atoms with E-state index in [-0.39, 0.29) is 6.61 Å². The minimum atomic E-state index is -0.414. The Balaban J connectivity index is 1.50. The highest BCUT2D eigenvalue weighted by Gasteiger charge is 2.15. The van der Waals surface area contributed by atoms with E-state index in [1.165, 1.54) is 20.4 Å². The smallest absolute Gasteiger partial charge is 0.275 e. The number of ether oxygens (including phenoxy) is 3. The zero-order valence-corrected chi connectivity index (χ0v) is 20.4. The summed E-state index contributed by atoms with van der Waals surface area (Å²) in [6, 6.07) is 23.9. The van der Waals surface area contributed by atoms with Gasteiger partial charge in [0.15, 0.2) is 11.5 Å². The molecule has 0 aromatic heterocycles. The molecule has 36 heavy (non-hydrogen) atoms. The molecule has 0 aliphatic rings. The summed E-state index contributed by atoms with van der Waals surface area (Å²) in [6.45, 7) is 0.150. The van der Waals surface area contributed by atoms with E-state index in [0.717, 1.165) is 16.3 Å². The van der Waals surface area contributed by atoms with E-state index < -0.39 is 5.91 Å². The number of halogens is 1. The Labute approximate surface area is 213 Å². The number of carbonyl (C=O) groups is 1. The lowest BCUT2D eigenvalue weighted by Gasteiger charge is -2.14. The molecular weight excluding hydrogens is 478 g/mol. The van der Waals surface area contributed by atoms with Gasteiger partial charge in [-0.15, -0.1) is 0 Å². The summed E-state index contributed by atoms with van der Waals surface area (Å²) in [5, 5.41) is 15.5. The second kappa shape index (κ2) is 11.3. The Bertz CT molecular complexity index is 1490. The molecule has 0 bridgehead atoms. The summed E-state index contributed by atoms with van der Waals surface area (Å²) >= 11 is 6.45. The van der Waals surface area contributed by atoms with E-state index >= 15 is 0 Å². The molecule has 0 unspecified atom stereocenters. The Morgan fingerprint density at radius 2 is 1.69 bits per heavy atom. The van der Waals surface area contributed by atoms with Gasteiger partial charge in [0.25, 0.3) is 5.91 Å². The molecule has 0 atom stereocenters. The van der Waals surface area contributed by atoms with Gasteiger partial charge in [0.1, 0.15) is 12.4 Å². The number of methoxy groups -OCH3 is 2. The molecule has 7 nitrogen and oxygen atoms in total. The van der Waals surface area contributed by atoms with Crippen molar-refractivity contribution < 1.29 is 19.0 Å². The maximum atomic E-state index is 12.8. The van der Waals surface area contributed by atoms with Crippen molar-refractivity contribution in [3.63, 3.8) is 0 Å². The molecule has 0 aliphatic heterocycles. The highest BCUT2D eigenvalue weighted by atomic mass is 35.5. The molecule has 180 valence electrons. The summed E-state index contributed by atoms with van der Waals surface area (Å²) in [5.74, 6) is 0.767. The van der Waals surface area contributed by atoms with Gasteiger partial charge < -0.3 is 14.2 Å². The Morgan fingerprint density at radius 3 is 2.42 bits per heavy atom. The van der Waals surface area contributed by atoms with Crippen LogP contribution in [0.1, 0.15) is 27.0 Å². The van der Waals surface area contributed by atoms with Gasteiger partial charge in [-0.1, -0.05) is 54.1 Å². The van der Waals surface area contributed by atoms with Crippen LogP contribution in [-0.4, -0.2) is 26.3 Å². The number of hydrazone groups is 1. The molecular formula is C28H22ClN3O4. The minimum Gasteiger partial charge on any atom is -0.496 e. The van der Waals surface area contributed by atoms with Gasteiger partial charge in [0.2, 0.25) is 0 Å². The summed E-state index contributed by atoms with van der Waals surface area (Å²) in [5.41, 5.74) is 4.73. The number of amides is 1. The zero-order valence-electron chi connectivity index (χ0n) is 19.6. The van der Waals surface area contributed by atoms with Crippen LogP contribution in [0.25, 0.3) is 10.8 Å². The van der Waals surface area contributed by atoms with Gasteiger partial charge in [0.05, 0.1) is 42.7 Å². The van der Waals surface area contributed by atoms with Crippen molar-refractivity contribution in [3.05, 3.63) is 100 Å². The second-order valence-electron chi connectivity index (χ2n) is 7.69. The minimum absolute atomic E-state index is 0.150. The fourth-order valence-electron chi connectivity index (χ4n) is 3.65. The van der Waals surface area contributed by atoms with E-state index in [1.807, 2.05) is 42.5 Å².